The molecule has 3 N–H and O–H groups in total. The number of benzene rings is 2. The molecule has 0 aliphatic rings. The Morgan fingerprint density at radius 1 is 1.07 bits per heavy atom. The van der Waals surface area contributed by atoms with Crippen LogP contribution in [0.25, 0.3) is 0 Å². The number of carbonyl (C=O) groups is 1. The lowest BCUT2D eigenvalue weighted by Gasteiger charge is -2.10. The molecule has 1 amide bonds. The molecule has 2 rings (SSSR count). The van der Waals surface area contributed by atoms with Crippen molar-refractivity contribution in [1.29, 1.82) is 0 Å². The molecule has 0 saturated heterocycles. The van der Waals surface area contributed by atoms with Gasteiger partial charge in [-0.2, -0.15) is 13.2 Å². The molecule has 0 saturated carbocycles. The quantitative estimate of drug-likeness (QED) is 0.576. The molecule has 0 bridgehead atoms. The van der Waals surface area contributed by atoms with Gasteiger partial charge in [0.15, 0.2) is 0 Å². The maximum absolute atomic E-state index is 12.7. The number of alkyl halides is 3. The van der Waals surface area contributed by atoms with Gasteiger partial charge in [-0.1, -0.05) is 18.2 Å². The second-order valence-corrected chi connectivity index (χ2v) is 7.74. The fourth-order valence-corrected chi connectivity index (χ4v) is 3.36. The first-order chi connectivity index (χ1) is 13.1. The van der Waals surface area contributed by atoms with Crippen LogP contribution < -0.4 is 10.0 Å². The van der Waals surface area contributed by atoms with E-state index < -0.39 is 39.1 Å². The van der Waals surface area contributed by atoms with E-state index in [1.165, 1.54) is 0 Å². The molecular weight excluding hydrogens is 397 g/mol. The normalized spacial score (nSPS) is 12.0. The van der Waals surface area contributed by atoms with E-state index in [1.54, 1.807) is 24.3 Å². The minimum atomic E-state index is -4.67. The summed E-state index contributed by atoms with van der Waals surface area (Å²) in [4.78, 5) is 11.2. The van der Waals surface area contributed by atoms with Gasteiger partial charge in [0.2, 0.25) is 15.9 Å². The highest BCUT2D eigenvalue weighted by molar-refractivity contribution is 7.89. The number of hydrogen-bond donors (Lipinski definition) is 3. The average molecular weight is 416 g/mol. The van der Waals surface area contributed by atoms with Crippen LogP contribution in [0.15, 0.2) is 53.4 Å². The molecule has 2 aromatic rings. The fourth-order valence-electron chi connectivity index (χ4n) is 2.33. The molecule has 0 aliphatic heterocycles. The lowest BCUT2D eigenvalue weighted by Crippen LogP contribution is -2.37. The predicted molar refractivity (Wildman–Crippen MR) is 96.1 cm³/mol. The zero-order valence-corrected chi connectivity index (χ0v) is 15.5. The predicted octanol–water partition coefficient (Wildman–Crippen LogP) is 2.44. The molecule has 0 heterocycles. The summed E-state index contributed by atoms with van der Waals surface area (Å²) in [5.74, 6) is -0.439. The number of rotatable bonds is 8. The van der Waals surface area contributed by atoms with Crippen LogP contribution in [0, 0.1) is 0 Å². The molecule has 0 unspecified atom stereocenters. The first-order valence-electron chi connectivity index (χ1n) is 8.29. The Kier molecular flexibility index (Phi) is 7.03. The number of sulfonamides is 1. The maximum atomic E-state index is 12.7. The Hall–Kier alpha value is -2.59. The summed E-state index contributed by atoms with van der Waals surface area (Å²) in [6, 6.07) is 9.89. The largest absolute Gasteiger partial charge is 0.508 e. The van der Waals surface area contributed by atoms with Crippen molar-refractivity contribution in [2.24, 2.45) is 0 Å². The third-order valence-electron chi connectivity index (χ3n) is 3.80. The summed E-state index contributed by atoms with van der Waals surface area (Å²) in [5.41, 5.74) is -0.119. The molecule has 2 aromatic carbocycles. The van der Waals surface area contributed by atoms with Crippen molar-refractivity contribution in [2.45, 2.75) is 23.9 Å². The molecule has 0 fully saturated rings. The summed E-state index contributed by atoms with van der Waals surface area (Å²) in [5, 5.41) is 11.7. The van der Waals surface area contributed by atoms with Crippen LogP contribution in [0.2, 0.25) is 0 Å². The lowest BCUT2D eigenvalue weighted by atomic mass is 10.1. The highest BCUT2D eigenvalue weighted by Crippen LogP contribution is 2.30. The van der Waals surface area contributed by atoms with Crippen molar-refractivity contribution >= 4 is 15.9 Å². The Morgan fingerprint density at radius 3 is 2.39 bits per heavy atom. The highest BCUT2D eigenvalue weighted by atomic mass is 32.2. The van der Waals surface area contributed by atoms with Gasteiger partial charge < -0.3 is 10.4 Å². The molecule has 0 radical (unpaired) electrons. The van der Waals surface area contributed by atoms with Crippen molar-refractivity contribution in [3.8, 4) is 5.75 Å². The summed E-state index contributed by atoms with van der Waals surface area (Å²) < 4.78 is 64.2. The van der Waals surface area contributed by atoms with Crippen molar-refractivity contribution < 1.29 is 31.5 Å². The standard InChI is InChI=1S/C18H19F3N2O4S/c19-18(20,21)14-4-1-5-16(11-14)28(26,27)23-12-17(25)22-10-2-3-13-6-8-15(24)9-7-13/h1,4-9,11,23-24H,2-3,10,12H2,(H,22,25). The van der Waals surface area contributed by atoms with Crippen LogP contribution in [0.3, 0.4) is 0 Å². The van der Waals surface area contributed by atoms with Crippen molar-refractivity contribution in [3.63, 3.8) is 0 Å². The van der Waals surface area contributed by atoms with Crippen LogP contribution in [-0.2, 0) is 27.4 Å². The summed E-state index contributed by atoms with van der Waals surface area (Å²) >= 11 is 0. The third-order valence-corrected chi connectivity index (χ3v) is 5.19. The van der Waals surface area contributed by atoms with Gasteiger partial charge in [0.05, 0.1) is 17.0 Å². The van der Waals surface area contributed by atoms with Gasteiger partial charge in [-0.25, -0.2) is 13.1 Å². The monoisotopic (exact) mass is 416 g/mol. The Morgan fingerprint density at radius 2 is 1.75 bits per heavy atom. The number of phenolic OH excluding ortho intramolecular Hbond substituents is 1. The average Bonchev–Trinajstić information content (AvgIpc) is 2.64. The molecule has 0 spiro atoms. The highest BCUT2D eigenvalue weighted by Gasteiger charge is 2.31. The summed E-state index contributed by atoms with van der Waals surface area (Å²) in [7, 11) is -4.25. The number of aryl methyl sites for hydroxylation is 1. The SMILES string of the molecule is O=C(CNS(=O)(=O)c1cccc(C(F)(F)F)c1)NCCCc1ccc(O)cc1. The Bertz CT molecular complexity index is 913. The van der Waals surface area contributed by atoms with E-state index in [0.29, 0.717) is 25.5 Å². The second-order valence-electron chi connectivity index (χ2n) is 5.97. The van der Waals surface area contributed by atoms with E-state index in [9.17, 15) is 31.5 Å². The molecular formula is C18H19F3N2O4S. The van der Waals surface area contributed by atoms with E-state index >= 15 is 0 Å². The molecule has 0 aliphatic carbocycles. The van der Waals surface area contributed by atoms with Gasteiger partial charge in [-0.05, 0) is 48.7 Å². The number of carbonyl (C=O) groups excluding carboxylic acids is 1. The molecule has 6 nitrogen and oxygen atoms in total. The van der Waals surface area contributed by atoms with Crippen LogP contribution in [0.5, 0.6) is 5.75 Å². The number of nitrogens with one attached hydrogen (secondary N) is 2. The Labute approximate surface area is 160 Å². The van der Waals surface area contributed by atoms with Crippen LogP contribution in [-0.4, -0.2) is 32.5 Å². The lowest BCUT2D eigenvalue weighted by molar-refractivity contribution is -0.137. The van der Waals surface area contributed by atoms with E-state index in [2.05, 4.69) is 5.32 Å². The van der Waals surface area contributed by atoms with Crippen molar-refractivity contribution in [1.82, 2.24) is 10.0 Å². The number of phenols is 1. The molecule has 28 heavy (non-hydrogen) atoms. The number of hydrogen-bond acceptors (Lipinski definition) is 4. The van der Waals surface area contributed by atoms with E-state index in [1.807, 2.05) is 4.72 Å². The number of halogens is 3. The van der Waals surface area contributed by atoms with Crippen molar-refractivity contribution in [3.05, 3.63) is 59.7 Å². The minimum absolute atomic E-state index is 0.158. The Balaban J connectivity index is 1.80. The maximum Gasteiger partial charge on any atom is 0.416 e. The first kappa shape index (κ1) is 21.7. The van der Waals surface area contributed by atoms with Crippen LogP contribution in [0.4, 0.5) is 13.2 Å². The molecule has 0 atom stereocenters. The number of amides is 1. The zero-order valence-electron chi connectivity index (χ0n) is 14.7. The van der Waals surface area contributed by atoms with E-state index in [0.717, 1.165) is 23.8 Å². The van der Waals surface area contributed by atoms with Gasteiger partial charge in [-0.3, -0.25) is 4.79 Å². The van der Waals surface area contributed by atoms with Gasteiger partial charge in [0, 0.05) is 6.54 Å². The van der Waals surface area contributed by atoms with Gasteiger partial charge in [0.25, 0.3) is 0 Å². The fraction of sp³-hybridized carbons (Fsp3) is 0.278. The van der Waals surface area contributed by atoms with Crippen LogP contribution >= 0.6 is 0 Å². The van der Waals surface area contributed by atoms with Gasteiger partial charge in [-0.15, -0.1) is 0 Å². The van der Waals surface area contributed by atoms with E-state index in [-0.39, 0.29) is 5.75 Å². The molecule has 10 heteroatoms. The van der Waals surface area contributed by atoms with E-state index in [4.69, 9.17) is 0 Å². The molecule has 152 valence electrons. The zero-order chi connectivity index (χ0) is 20.8. The van der Waals surface area contributed by atoms with Gasteiger partial charge >= 0.3 is 6.18 Å². The third kappa shape index (κ3) is 6.54. The first-order valence-corrected chi connectivity index (χ1v) is 9.78. The smallest absolute Gasteiger partial charge is 0.416 e. The summed E-state index contributed by atoms with van der Waals surface area (Å²) in [6.45, 7) is -0.289. The minimum Gasteiger partial charge on any atom is -0.508 e. The van der Waals surface area contributed by atoms with Crippen LogP contribution in [0.1, 0.15) is 17.5 Å². The van der Waals surface area contributed by atoms with Gasteiger partial charge in [0.1, 0.15) is 5.75 Å². The molecule has 0 aromatic heterocycles. The second kappa shape index (κ2) is 9.07. The van der Waals surface area contributed by atoms with Crippen molar-refractivity contribution in [2.75, 3.05) is 13.1 Å². The topological polar surface area (TPSA) is 95.5 Å². The summed E-state index contributed by atoms with van der Waals surface area (Å²) in [6.07, 6.45) is -3.42. The number of aromatic hydroxyl groups is 1.